The van der Waals surface area contributed by atoms with E-state index in [1.54, 1.807) is 18.5 Å². The Kier molecular flexibility index (Phi) is 7.11. The molecule has 0 spiro atoms. The van der Waals surface area contributed by atoms with E-state index >= 15 is 4.39 Å². The van der Waals surface area contributed by atoms with Crippen LogP contribution < -0.4 is 10.5 Å². The summed E-state index contributed by atoms with van der Waals surface area (Å²) in [5.74, 6) is -4.72. The van der Waals surface area contributed by atoms with Gasteiger partial charge in [0.2, 0.25) is 0 Å². The van der Waals surface area contributed by atoms with E-state index in [4.69, 9.17) is 22.1 Å². The Morgan fingerprint density at radius 1 is 1.27 bits per heavy atom. The molecule has 1 aliphatic carbocycles. The maximum atomic E-state index is 15.4. The minimum atomic E-state index is -5.26. The number of ether oxygens (including phenoxy) is 2. The van der Waals surface area contributed by atoms with E-state index < -0.39 is 42.0 Å². The number of hydrogen-bond acceptors (Lipinski definition) is 9. The largest absolute Gasteiger partial charge is 0.491 e. The first-order valence-electron chi connectivity index (χ1n) is 12.5. The van der Waals surface area contributed by atoms with Crippen molar-refractivity contribution < 1.29 is 36.6 Å². The molecule has 2 aliphatic rings. The van der Waals surface area contributed by atoms with E-state index in [1.807, 2.05) is 11.8 Å². The number of nitrogens with zero attached hydrogens (tertiary/aromatic N) is 5. The van der Waals surface area contributed by atoms with E-state index in [9.17, 15) is 22.8 Å². The van der Waals surface area contributed by atoms with Crippen LogP contribution in [0.5, 0.6) is 5.75 Å². The monoisotopic (exact) mass is 584 g/mol. The van der Waals surface area contributed by atoms with Crippen molar-refractivity contribution in [2.45, 2.75) is 64.5 Å². The van der Waals surface area contributed by atoms with Crippen LogP contribution in [0.2, 0.25) is 5.02 Å². The van der Waals surface area contributed by atoms with Crippen LogP contribution in [0.4, 0.5) is 23.4 Å². The van der Waals surface area contributed by atoms with E-state index in [1.165, 1.54) is 12.4 Å². The highest BCUT2D eigenvalue weighted by Gasteiger charge is 2.46. The quantitative estimate of drug-likeness (QED) is 0.274. The molecule has 1 saturated carbocycles. The van der Waals surface area contributed by atoms with Crippen LogP contribution in [0, 0.1) is 18.7 Å². The molecule has 1 aliphatic heterocycles. The van der Waals surface area contributed by atoms with Gasteiger partial charge in [-0.05, 0) is 39.7 Å². The lowest BCUT2D eigenvalue weighted by molar-refractivity contribution is -0.204. The lowest BCUT2D eigenvalue weighted by Crippen LogP contribution is -2.49. The number of esters is 2. The molecule has 2 aromatic heterocycles. The molecular formula is C25H25ClF4N6O4. The van der Waals surface area contributed by atoms with Crippen LogP contribution in [0.25, 0.3) is 11.0 Å². The van der Waals surface area contributed by atoms with Crippen LogP contribution in [0.15, 0.2) is 12.4 Å². The zero-order valence-electron chi connectivity index (χ0n) is 21.6. The second kappa shape index (κ2) is 10.1. The van der Waals surface area contributed by atoms with Gasteiger partial charge in [-0.15, -0.1) is 0 Å². The fourth-order valence-electron chi connectivity index (χ4n) is 5.27. The van der Waals surface area contributed by atoms with Gasteiger partial charge in [0.25, 0.3) is 0 Å². The van der Waals surface area contributed by atoms with Crippen molar-refractivity contribution in [2.75, 3.05) is 12.3 Å². The molecule has 3 aromatic rings. The molecule has 0 bridgehead atoms. The van der Waals surface area contributed by atoms with Crippen LogP contribution in [0.1, 0.15) is 49.6 Å². The summed E-state index contributed by atoms with van der Waals surface area (Å²) in [6.45, 7) is 5.85. The fourth-order valence-corrected chi connectivity index (χ4v) is 5.50. The normalized spacial score (nSPS) is 22.1. The van der Waals surface area contributed by atoms with Gasteiger partial charge in [0, 0.05) is 30.3 Å². The highest BCUT2D eigenvalue weighted by molar-refractivity contribution is 6.31. The van der Waals surface area contributed by atoms with Crippen molar-refractivity contribution in [3.05, 3.63) is 40.1 Å². The first-order valence-corrected chi connectivity index (χ1v) is 12.8. The highest BCUT2D eigenvalue weighted by atomic mass is 35.5. The van der Waals surface area contributed by atoms with Gasteiger partial charge in [-0.3, -0.25) is 9.69 Å². The van der Waals surface area contributed by atoms with Crippen LogP contribution >= 0.6 is 11.6 Å². The molecule has 1 fully saturated rings. The molecule has 10 nitrogen and oxygen atoms in total. The van der Waals surface area contributed by atoms with Gasteiger partial charge in [-0.1, -0.05) is 11.6 Å². The second-order valence-corrected chi connectivity index (χ2v) is 10.5. The summed E-state index contributed by atoms with van der Waals surface area (Å²) >= 11 is 6.34. The molecule has 0 saturated heterocycles. The number of carbonyl (C=O) groups is 2. The van der Waals surface area contributed by atoms with Gasteiger partial charge in [-0.2, -0.15) is 18.3 Å². The molecule has 2 atom stereocenters. The number of fused-ring (bicyclic) bond motifs is 2. The molecule has 40 heavy (non-hydrogen) atoms. The van der Waals surface area contributed by atoms with Crippen LogP contribution in [-0.2, 0) is 20.9 Å². The molecule has 15 heteroatoms. The highest BCUT2D eigenvalue weighted by Crippen LogP contribution is 2.42. The van der Waals surface area contributed by atoms with Gasteiger partial charge in [0.05, 0.1) is 28.1 Å². The van der Waals surface area contributed by atoms with Crippen LogP contribution in [0.3, 0.4) is 0 Å². The molecule has 2 N–H and O–H groups in total. The van der Waals surface area contributed by atoms with Crippen molar-refractivity contribution in [1.82, 2.24) is 24.6 Å². The summed E-state index contributed by atoms with van der Waals surface area (Å²) in [5.41, 5.74) is 7.92. The van der Waals surface area contributed by atoms with Gasteiger partial charge in [0.15, 0.2) is 5.65 Å². The number of hydrogen-bond donors (Lipinski definition) is 1. The molecule has 214 valence electrons. The third-order valence-corrected chi connectivity index (χ3v) is 7.64. The standard InChI is InChI=1S/C25H25ClF4N6O4/c1-10-7-35(14-4-13(5-14)23(37)40-24(38)25(28,29)30)8-16-19(27)17(26)6-15(20(16)39-10)12(3)36-22-18(11(2)34-36)21(31)32-9-33-22/h6,9-10,12-14H,4-5,7-8H2,1-3H3,(H2,31,32,33). The third kappa shape index (κ3) is 4.94. The number of rotatable bonds is 4. The average Bonchev–Trinajstić information content (AvgIpc) is 3.08. The van der Waals surface area contributed by atoms with Gasteiger partial charge in [0.1, 0.15) is 29.8 Å². The number of alkyl halides is 3. The Labute approximate surface area is 230 Å². The van der Waals surface area contributed by atoms with E-state index in [2.05, 4.69) is 19.8 Å². The smallest absolute Gasteiger partial charge is 0.489 e. The maximum Gasteiger partial charge on any atom is 0.491 e. The third-order valence-electron chi connectivity index (χ3n) is 7.36. The van der Waals surface area contributed by atoms with Crippen molar-refractivity contribution >= 4 is 40.4 Å². The summed E-state index contributed by atoms with van der Waals surface area (Å²) in [5, 5.41) is 5.07. The Balaban J connectivity index is 1.42. The fraction of sp³-hybridized carbons (Fsp3) is 0.480. The summed E-state index contributed by atoms with van der Waals surface area (Å²) in [4.78, 5) is 33.3. The molecule has 1 aromatic carbocycles. The van der Waals surface area contributed by atoms with Gasteiger partial charge >= 0.3 is 18.1 Å². The minimum absolute atomic E-state index is 0.0771. The van der Waals surface area contributed by atoms with Crippen molar-refractivity contribution in [3.8, 4) is 5.75 Å². The number of aryl methyl sites for hydroxylation is 1. The number of carbonyl (C=O) groups excluding carboxylic acids is 2. The van der Waals surface area contributed by atoms with Crippen LogP contribution in [-0.4, -0.2) is 61.5 Å². The predicted octanol–water partition coefficient (Wildman–Crippen LogP) is 4.11. The van der Waals surface area contributed by atoms with Crippen molar-refractivity contribution in [3.63, 3.8) is 0 Å². The molecule has 2 unspecified atom stereocenters. The molecule has 5 rings (SSSR count). The minimum Gasteiger partial charge on any atom is -0.489 e. The average molecular weight is 585 g/mol. The second-order valence-electron chi connectivity index (χ2n) is 10.1. The van der Waals surface area contributed by atoms with E-state index in [0.717, 1.165) is 0 Å². The number of anilines is 1. The summed E-state index contributed by atoms with van der Waals surface area (Å²) in [6, 6.07) is 0.723. The summed E-state index contributed by atoms with van der Waals surface area (Å²) in [7, 11) is 0. The lowest BCUT2D eigenvalue weighted by Gasteiger charge is -2.41. The Morgan fingerprint density at radius 2 is 1.98 bits per heavy atom. The number of halogens is 5. The Morgan fingerprint density at radius 3 is 2.65 bits per heavy atom. The zero-order valence-corrected chi connectivity index (χ0v) is 22.4. The van der Waals surface area contributed by atoms with E-state index in [-0.39, 0.29) is 41.8 Å². The van der Waals surface area contributed by atoms with Crippen molar-refractivity contribution in [2.24, 2.45) is 5.92 Å². The SMILES string of the molecule is Cc1nn(C(C)c2cc(Cl)c(F)c3c2OC(C)CN(C2CC(C(=O)OC(=O)C(F)(F)F)C2)C3)c2ncnc(N)c12. The number of nitrogen functional groups attached to an aromatic ring is 1. The molecule has 3 heterocycles. The first-order chi connectivity index (χ1) is 18.8. The number of aromatic nitrogens is 4. The maximum absolute atomic E-state index is 15.4. The topological polar surface area (TPSA) is 125 Å². The Hall–Kier alpha value is -3.52. The molecule has 0 radical (unpaired) electrons. The van der Waals surface area contributed by atoms with Crippen molar-refractivity contribution in [1.29, 1.82) is 0 Å². The number of benzene rings is 1. The molecular weight excluding hydrogens is 560 g/mol. The number of nitrogens with two attached hydrogens (primary N) is 1. The predicted molar refractivity (Wildman–Crippen MR) is 134 cm³/mol. The summed E-state index contributed by atoms with van der Waals surface area (Å²) < 4.78 is 64.6. The lowest BCUT2D eigenvalue weighted by atomic mass is 9.79. The van der Waals surface area contributed by atoms with Gasteiger partial charge < -0.3 is 15.2 Å². The zero-order chi connectivity index (χ0) is 29.1. The Bertz CT molecular complexity index is 1510. The van der Waals surface area contributed by atoms with E-state index in [0.29, 0.717) is 34.6 Å². The first kappa shape index (κ1) is 28.0. The summed E-state index contributed by atoms with van der Waals surface area (Å²) in [6.07, 6.45) is -4.04. The molecule has 0 amide bonds. The van der Waals surface area contributed by atoms with Gasteiger partial charge in [-0.25, -0.2) is 23.8 Å².